The zero-order chi connectivity index (χ0) is 18.9. The molecule has 0 nitrogen and oxygen atoms in total. The second-order valence-electron chi connectivity index (χ2n) is 7.73. The first-order valence-corrected chi connectivity index (χ1v) is 10.4. The molecule has 2 aromatic rings. The van der Waals surface area contributed by atoms with E-state index in [9.17, 15) is 0 Å². The second-order valence-corrected chi connectivity index (χ2v) is 7.73. The van der Waals surface area contributed by atoms with E-state index in [1.807, 2.05) is 31.2 Å². The Bertz CT molecular complexity index is 823. The number of benzene rings is 2. The molecule has 0 atom stereocenters. The summed E-state index contributed by atoms with van der Waals surface area (Å²) in [6.07, 6.45) is 9.68. The smallest absolute Gasteiger partial charge is 0.0249 e. The minimum absolute atomic E-state index is 0.938. The van der Waals surface area contributed by atoms with Crippen molar-refractivity contribution in [3.63, 3.8) is 0 Å². The van der Waals surface area contributed by atoms with Crippen LogP contribution in [0.1, 0.15) is 74.6 Å². The van der Waals surface area contributed by atoms with Gasteiger partial charge >= 0.3 is 0 Å². The molecule has 1 saturated carbocycles. The Morgan fingerprint density at radius 3 is 1.70 bits per heavy atom. The Balaban J connectivity index is 1.51. The van der Waals surface area contributed by atoms with Crippen LogP contribution in [-0.2, 0) is 6.42 Å². The highest BCUT2D eigenvalue weighted by Crippen LogP contribution is 2.33. The molecule has 2 aromatic carbocycles. The van der Waals surface area contributed by atoms with Gasteiger partial charge in [-0.15, -0.1) is 5.92 Å². The normalized spacial score (nSPS) is 18.7. The molecule has 0 radical (unpaired) electrons. The number of hydrogen-bond acceptors (Lipinski definition) is 0. The number of rotatable bonds is 4. The van der Waals surface area contributed by atoms with E-state index < -0.39 is 0 Å². The predicted molar refractivity (Wildman–Crippen MR) is 115 cm³/mol. The molecule has 0 unspecified atom stereocenters. The van der Waals surface area contributed by atoms with Gasteiger partial charge in [-0.2, -0.15) is 0 Å². The molecular weight excluding hydrogens is 324 g/mol. The summed E-state index contributed by atoms with van der Waals surface area (Å²) in [6.45, 7) is 4.19. The van der Waals surface area contributed by atoms with Crippen LogP contribution in [0.2, 0.25) is 0 Å². The van der Waals surface area contributed by atoms with E-state index in [-0.39, 0.29) is 0 Å². The van der Waals surface area contributed by atoms with Crippen LogP contribution < -0.4 is 0 Å². The predicted octanol–water partition coefficient (Wildman–Crippen LogP) is 6.61. The van der Waals surface area contributed by atoms with Crippen molar-refractivity contribution in [2.75, 3.05) is 0 Å². The van der Waals surface area contributed by atoms with Crippen LogP contribution in [0.15, 0.2) is 48.5 Å². The third kappa shape index (κ3) is 6.05. The Kier molecular flexibility index (Phi) is 7.19. The average Bonchev–Trinajstić information content (AvgIpc) is 2.73. The molecule has 0 bridgehead atoms. The summed E-state index contributed by atoms with van der Waals surface area (Å²) in [5.74, 6) is 14.4. The van der Waals surface area contributed by atoms with Crippen LogP contribution in [0.25, 0.3) is 0 Å². The van der Waals surface area contributed by atoms with Crippen LogP contribution in [0, 0.1) is 35.5 Å². The van der Waals surface area contributed by atoms with Crippen molar-refractivity contribution >= 4 is 0 Å². The van der Waals surface area contributed by atoms with Gasteiger partial charge in [0.2, 0.25) is 0 Å². The largest absolute Gasteiger partial charge is 0.101 e. The zero-order valence-corrected chi connectivity index (χ0v) is 16.7. The molecule has 0 N–H and O–H groups in total. The molecule has 0 spiro atoms. The third-order valence-electron chi connectivity index (χ3n) is 5.84. The fraction of sp³-hybridized carbons (Fsp3) is 0.407. The van der Waals surface area contributed by atoms with E-state index in [0.29, 0.717) is 0 Å². The number of aryl methyl sites for hydroxylation is 1. The maximum atomic E-state index is 3.27. The van der Waals surface area contributed by atoms with Gasteiger partial charge in [0.15, 0.2) is 0 Å². The third-order valence-corrected chi connectivity index (χ3v) is 5.84. The first-order valence-electron chi connectivity index (χ1n) is 10.4. The summed E-state index contributed by atoms with van der Waals surface area (Å²) in [5, 5.41) is 0. The molecule has 0 heteroatoms. The van der Waals surface area contributed by atoms with Crippen molar-refractivity contribution < 1.29 is 0 Å². The molecule has 1 fully saturated rings. The van der Waals surface area contributed by atoms with E-state index in [2.05, 4.69) is 54.9 Å². The summed E-state index contributed by atoms with van der Waals surface area (Å²) < 4.78 is 0. The highest BCUT2D eigenvalue weighted by atomic mass is 14.2. The second kappa shape index (κ2) is 10.0. The minimum Gasteiger partial charge on any atom is -0.101 e. The lowest BCUT2D eigenvalue weighted by atomic mass is 9.78. The van der Waals surface area contributed by atoms with Crippen LogP contribution in [0.5, 0.6) is 0 Å². The van der Waals surface area contributed by atoms with Gasteiger partial charge in [0, 0.05) is 16.7 Å². The molecule has 138 valence electrons. The Labute approximate surface area is 165 Å². The van der Waals surface area contributed by atoms with Crippen LogP contribution in [0.4, 0.5) is 0 Å². The van der Waals surface area contributed by atoms with Crippen molar-refractivity contribution in [2.24, 2.45) is 11.8 Å². The Morgan fingerprint density at radius 2 is 1.19 bits per heavy atom. The minimum atomic E-state index is 0.938. The van der Waals surface area contributed by atoms with Gasteiger partial charge in [-0.3, -0.25) is 0 Å². The van der Waals surface area contributed by atoms with Gasteiger partial charge in [0.25, 0.3) is 0 Å². The van der Waals surface area contributed by atoms with Crippen molar-refractivity contribution in [3.8, 4) is 23.7 Å². The van der Waals surface area contributed by atoms with E-state index in [1.165, 1.54) is 50.5 Å². The lowest BCUT2D eigenvalue weighted by Crippen LogP contribution is -2.14. The van der Waals surface area contributed by atoms with Gasteiger partial charge in [-0.05, 0) is 73.6 Å². The standard InChI is InChI=1S/C27H30/c1-3-5-23-10-12-25(13-11-23)16-17-27-20-18-26(19-21-27)15-14-24-8-6-22(4-2)7-9-24/h10-13,18-22,24H,4,6-9,14-15H2,1-2H3. The highest BCUT2D eigenvalue weighted by molar-refractivity contribution is 5.46. The van der Waals surface area contributed by atoms with E-state index in [0.717, 1.165) is 28.5 Å². The molecule has 0 heterocycles. The molecule has 0 aromatic heterocycles. The average molecular weight is 355 g/mol. The summed E-state index contributed by atoms with van der Waals surface area (Å²) in [6, 6.07) is 16.9. The topological polar surface area (TPSA) is 0 Å². The van der Waals surface area contributed by atoms with Gasteiger partial charge in [-0.1, -0.05) is 68.9 Å². The van der Waals surface area contributed by atoms with Gasteiger partial charge < -0.3 is 0 Å². The Morgan fingerprint density at radius 1 is 0.704 bits per heavy atom. The van der Waals surface area contributed by atoms with Crippen LogP contribution >= 0.6 is 0 Å². The van der Waals surface area contributed by atoms with Crippen LogP contribution in [0.3, 0.4) is 0 Å². The van der Waals surface area contributed by atoms with Gasteiger partial charge in [0.1, 0.15) is 0 Å². The first kappa shape index (κ1) is 19.3. The van der Waals surface area contributed by atoms with Gasteiger partial charge in [0.05, 0.1) is 0 Å². The van der Waals surface area contributed by atoms with Crippen molar-refractivity contribution in [1.29, 1.82) is 0 Å². The fourth-order valence-corrected chi connectivity index (χ4v) is 3.98. The molecule has 1 aliphatic rings. The van der Waals surface area contributed by atoms with Crippen molar-refractivity contribution in [3.05, 3.63) is 70.8 Å². The van der Waals surface area contributed by atoms with Crippen LogP contribution in [-0.4, -0.2) is 0 Å². The molecule has 0 saturated heterocycles. The van der Waals surface area contributed by atoms with E-state index >= 15 is 0 Å². The molecule has 0 aliphatic heterocycles. The summed E-state index contributed by atoms with van der Waals surface area (Å²) in [5.41, 5.74) is 4.60. The van der Waals surface area contributed by atoms with Gasteiger partial charge in [-0.25, -0.2) is 0 Å². The zero-order valence-electron chi connectivity index (χ0n) is 16.7. The fourth-order valence-electron chi connectivity index (χ4n) is 3.98. The SMILES string of the molecule is CC#Cc1ccc(C#Cc2ccc(CCC3CCC(CC)CC3)cc2)cc1. The lowest BCUT2D eigenvalue weighted by molar-refractivity contribution is 0.259. The monoisotopic (exact) mass is 354 g/mol. The first-order chi connectivity index (χ1) is 13.3. The van der Waals surface area contributed by atoms with Crippen molar-refractivity contribution in [1.82, 2.24) is 0 Å². The van der Waals surface area contributed by atoms with E-state index in [4.69, 9.17) is 0 Å². The van der Waals surface area contributed by atoms with Crippen molar-refractivity contribution in [2.45, 2.75) is 58.8 Å². The maximum absolute atomic E-state index is 3.27. The molecule has 27 heavy (non-hydrogen) atoms. The summed E-state index contributed by atoms with van der Waals surface area (Å²) in [4.78, 5) is 0. The Hall–Kier alpha value is -2.44. The van der Waals surface area contributed by atoms with E-state index in [1.54, 1.807) is 0 Å². The summed E-state index contributed by atoms with van der Waals surface area (Å²) in [7, 11) is 0. The molecule has 1 aliphatic carbocycles. The number of hydrogen-bond donors (Lipinski definition) is 0. The molecular formula is C27H30. The molecule has 3 rings (SSSR count). The quantitative estimate of drug-likeness (QED) is 0.542. The molecule has 0 amide bonds. The summed E-state index contributed by atoms with van der Waals surface area (Å²) >= 11 is 0. The maximum Gasteiger partial charge on any atom is 0.0249 e. The highest BCUT2D eigenvalue weighted by Gasteiger charge is 2.19. The lowest BCUT2D eigenvalue weighted by Gasteiger charge is -2.27.